The van der Waals surface area contributed by atoms with Gasteiger partial charge in [-0.1, -0.05) is 6.92 Å². The molecule has 0 aromatic heterocycles. The summed E-state index contributed by atoms with van der Waals surface area (Å²) in [5.74, 6) is 0.173. The molecule has 1 saturated heterocycles. The minimum absolute atomic E-state index is 0.117. The van der Waals surface area contributed by atoms with Crippen LogP contribution in [0.25, 0.3) is 0 Å². The summed E-state index contributed by atoms with van der Waals surface area (Å²) in [6.45, 7) is 6.77. The average molecular weight is 271 g/mol. The van der Waals surface area contributed by atoms with Gasteiger partial charge in [0, 0.05) is 6.61 Å². The predicted molar refractivity (Wildman–Crippen MR) is 70.9 cm³/mol. The first-order valence-corrected chi connectivity index (χ1v) is 7.34. The van der Waals surface area contributed by atoms with Gasteiger partial charge in [-0.2, -0.15) is 0 Å². The minimum Gasteiger partial charge on any atom is -0.465 e. The van der Waals surface area contributed by atoms with Crippen molar-refractivity contribution in [3.8, 4) is 0 Å². The van der Waals surface area contributed by atoms with Crippen LogP contribution in [0, 0.1) is 5.92 Å². The summed E-state index contributed by atoms with van der Waals surface area (Å²) in [5.41, 5.74) is -0.659. The van der Waals surface area contributed by atoms with Gasteiger partial charge in [-0.05, 0) is 38.6 Å². The molecule has 0 aromatic rings. The summed E-state index contributed by atoms with van der Waals surface area (Å²) < 4.78 is 16.5. The summed E-state index contributed by atoms with van der Waals surface area (Å²) >= 11 is 0. The van der Waals surface area contributed by atoms with E-state index < -0.39 is 5.54 Å². The summed E-state index contributed by atoms with van der Waals surface area (Å²) in [5, 5.41) is 3.33. The van der Waals surface area contributed by atoms with Gasteiger partial charge < -0.3 is 14.2 Å². The van der Waals surface area contributed by atoms with E-state index in [0.29, 0.717) is 25.7 Å². The third-order valence-electron chi connectivity index (χ3n) is 3.84. The van der Waals surface area contributed by atoms with E-state index in [4.69, 9.17) is 14.2 Å². The number of carbonyl (C=O) groups is 1. The first-order valence-electron chi connectivity index (χ1n) is 7.34. The Hall–Kier alpha value is -0.650. The Morgan fingerprint density at radius 3 is 2.68 bits per heavy atom. The van der Waals surface area contributed by atoms with Crippen molar-refractivity contribution >= 4 is 5.97 Å². The van der Waals surface area contributed by atoms with Crippen molar-refractivity contribution in [3.05, 3.63) is 0 Å². The molecule has 110 valence electrons. The molecule has 2 unspecified atom stereocenters. The fourth-order valence-corrected chi connectivity index (χ4v) is 2.66. The molecule has 0 spiro atoms. The van der Waals surface area contributed by atoms with E-state index in [2.05, 4.69) is 5.32 Å². The van der Waals surface area contributed by atoms with Crippen molar-refractivity contribution in [1.82, 2.24) is 5.32 Å². The maximum Gasteiger partial charge on any atom is 0.329 e. The molecule has 2 fully saturated rings. The zero-order valence-corrected chi connectivity index (χ0v) is 11.9. The number of esters is 1. The molecule has 5 heteroatoms. The second-order valence-electron chi connectivity index (χ2n) is 5.29. The second kappa shape index (κ2) is 6.68. The maximum atomic E-state index is 12.3. The minimum atomic E-state index is -0.659. The number of hydrogen-bond acceptors (Lipinski definition) is 5. The highest BCUT2D eigenvalue weighted by Gasteiger charge is 2.52. The quantitative estimate of drug-likeness (QED) is 0.670. The zero-order valence-electron chi connectivity index (χ0n) is 11.9. The third-order valence-corrected chi connectivity index (χ3v) is 3.84. The normalized spacial score (nSPS) is 26.1. The highest BCUT2D eigenvalue weighted by molar-refractivity contribution is 5.82. The van der Waals surface area contributed by atoms with E-state index in [0.717, 1.165) is 32.4 Å². The van der Waals surface area contributed by atoms with E-state index in [1.807, 2.05) is 13.8 Å². The lowest BCUT2D eigenvalue weighted by atomic mass is 9.94. The molecule has 0 aromatic carbocycles. The molecule has 0 radical (unpaired) electrons. The molecule has 19 heavy (non-hydrogen) atoms. The van der Waals surface area contributed by atoms with Crippen LogP contribution >= 0.6 is 0 Å². The molecule has 5 nitrogen and oxygen atoms in total. The van der Waals surface area contributed by atoms with E-state index in [1.54, 1.807) is 0 Å². The van der Waals surface area contributed by atoms with Gasteiger partial charge in [-0.25, -0.2) is 4.79 Å². The van der Waals surface area contributed by atoms with Gasteiger partial charge >= 0.3 is 5.97 Å². The molecule has 1 aliphatic carbocycles. The van der Waals surface area contributed by atoms with Crippen molar-refractivity contribution in [2.75, 3.05) is 33.0 Å². The largest absolute Gasteiger partial charge is 0.465 e. The van der Waals surface area contributed by atoms with E-state index in [9.17, 15) is 4.79 Å². The lowest BCUT2D eigenvalue weighted by Crippen LogP contribution is -2.58. The Balaban J connectivity index is 2.00. The molecule has 2 rings (SSSR count). The standard InChI is InChI=1S/C14H25NO4/c1-3-15-14(11-5-6-11,13(16)18-4-2)10-19-12-7-8-17-9-12/h11-12,15H,3-10H2,1-2H3. The number of ether oxygens (including phenoxy) is 3. The second-order valence-corrected chi connectivity index (χ2v) is 5.29. The number of rotatable bonds is 8. The van der Waals surface area contributed by atoms with Crippen molar-refractivity contribution in [1.29, 1.82) is 0 Å². The number of carbonyl (C=O) groups excluding carboxylic acids is 1. The number of likely N-dealkylation sites (N-methyl/N-ethyl adjacent to an activating group) is 1. The molecule has 1 heterocycles. The number of hydrogen-bond donors (Lipinski definition) is 1. The van der Waals surface area contributed by atoms with Crippen LogP contribution in [0.5, 0.6) is 0 Å². The van der Waals surface area contributed by atoms with E-state index in [-0.39, 0.29) is 12.1 Å². The SMILES string of the molecule is CCNC(COC1CCOC1)(C(=O)OCC)C1CC1. The van der Waals surface area contributed by atoms with Crippen LogP contribution in [0.4, 0.5) is 0 Å². The van der Waals surface area contributed by atoms with Crippen LogP contribution in [0.15, 0.2) is 0 Å². The Morgan fingerprint density at radius 1 is 1.37 bits per heavy atom. The van der Waals surface area contributed by atoms with Gasteiger partial charge in [0.05, 0.1) is 25.9 Å². The maximum absolute atomic E-state index is 12.3. The van der Waals surface area contributed by atoms with Crippen molar-refractivity contribution < 1.29 is 19.0 Å². The first-order chi connectivity index (χ1) is 9.23. The van der Waals surface area contributed by atoms with Crippen LogP contribution in [0.2, 0.25) is 0 Å². The van der Waals surface area contributed by atoms with Gasteiger partial charge in [-0.15, -0.1) is 0 Å². The average Bonchev–Trinajstić information content (AvgIpc) is 3.12. The van der Waals surface area contributed by atoms with Gasteiger partial charge in [0.15, 0.2) is 0 Å². The van der Waals surface area contributed by atoms with E-state index in [1.165, 1.54) is 0 Å². The van der Waals surface area contributed by atoms with Gasteiger partial charge in [0.25, 0.3) is 0 Å². The highest BCUT2D eigenvalue weighted by Crippen LogP contribution is 2.41. The molecule has 0 amide bonds. The molecule has 0 bridgehead atoms. The highest BCUT2D eigenvalue weighted by atomic mass is 16.6. The summed E-state index contributed by atoms with van der Waals surface area (Å²) in [6.07, 6.45) is 3.16. The molecular weight excluding hydrogens is 246 g/mol. The summed E-state index contributed by atoms with van der Waals surface area (Å²) in [7, 11) is 0. The smallest absolute Gasteiger partial charge is 0.329 e. The molecular formula is C14H25NO4. The van der Waals surface area contributed by atoms with Gasteiger partial charge in [-0.3, -0.25) is 5.32 Å². The molecule has 1 aliphatic heterocycles. The Kier molecular flexibility index (Phi) is 5.19. The first kappa shape index (κ1) is 14.8. The van der Waals surface area contributed by atoms with Crippen LogP contribution < -0.4 is 5.32 Å². The molecule has 2 aliphatic rings. The van der Waals surface area contributed by atoms with Crippen LogP contribution in [-0.4, -0.2) is 50.6 Å². The fraction of sp³-hybridized carbons (Fsp3) is 0.929. The molecule has 1 N–H and O–H groups in total. The number of nitrogens with one attached hydrogen (secondary N) is 1. The van der Waals surface area contributed by atoms with Crippen molar-refractivity contribution in [2.24, 2.45) is 5.92 Å². The van der Waals surface area contributed by atoms with Gasteiger partial charge in [0.2, 0.25) is 0 Å². The Bertz CT molecular complexity index is 300. The van der Waals surface area contributed by atoms with Crippen molar-refractivity contribution in [3.63, 3.8) is 0 Å². The predicted octanol–water partition coefficient (Wildman–Crippen LogP) is 1.11. The monoisotopic (exact) mass is 271 g/mol. The van der Waals surface area contributed by atoms with Crippen molar-refractivity contribution in [2.45, 2.75) is 44.8 Å². The molecule has 1 saturated carbocycles. The fourth-order valence-electron chi connectivity index (χ4n) is 2.66. The van der Waals surface area contributed by atoms with E-state index >= 15 is 0 Å². The van der Waals surface area contributed by atoms with Crippen LogP contribution in [-0.2, 0) is 19.0 Å². The Morgan fingerprint density at radius 2 is 2.16 bits per heavy atom. The van der Waals surface area contributed by atoms with Gasteiger partial charge in [0.1, 0.15) is 5.54 Å². The Labute approximate surface area is 115 Å². The summed E-state index contributed by atoms with van der Waals surface area (Å²) in [4.78, 5) is 12.3. The third kappa shape index (κ3) is 3.46. The zero-order chi connectivity index (χ0) is 13.7. The lowest BCUT2D eigenvalue weighted by molar-refractivity contribution is -0.156. The topological polar surface area (TPSA) is 56.8 Å². The van der Waals surface area contributed by atoms with Crippen LogP contribution in [0.1, 0.15) is 33.1 Å². The summed E-state index contributed by atoms with van der Waals surface area (Å²) in [6, 6.07) is 0. The molecule has 2 atom stereocenters. The lowest BCUT2D eigenvalue weighted by Gasteiger charge is -2.33. The van der Waals surface area contributed by atoms with Crippen LogP contribution in [0.3, 0.4) is 0 Å².